The van der Waals surface area contributed by atoms with Crippen LogP contribution in [0, 0.1) is 0 Å². The van der Waals surface area contributed by atoms with Crippen molar-refractivity contribution in [3.8, 4) is 5.75 Å². The monoisotopic (exact) mass is 351 g/mol. The van der Waals surface area contributed by atoms with Crippen LogP contribution in [0.3, 0.4) is 0 Å². The van der Waals surface area contributed by atoms with E-state index in [0.29, 0.717) is 28.9 Å². The molecule has 1 heterocycles. The number of nitrogens with zero attached hydrogens (tertiary/aromatic N) is 2. The molecule has 1 aromatic carbocycles. The predicted octanol–water partition coefficient (Wildman–Crippen LogP) is 4.07. The molecule has 0 fully saturated rings. The maximum absolute atomic E-state index is 6.23. The van der Waals surface area contributed by atoms with Crippen molar-refractivity contribution in [2.24, 2.45) is 0 Å². The first kappa shape index (κ1) is 17.7. The van der Waals surface area contributed by atoms with Crippen molar-refractivity contribution >= 4 is 23.2 Å². The lowest BCUT2D eigenvalue weighted by Crippen LogP contribution is -2.28. The van der Waals surface area contributed by atoms with Gasteiger partial charge in [0.1, 0.15) is 6.61 Å². The van der Waals surface area contributed by atoms with Gasteiger partial charge in [0.25, 0.3) is 0 Å². The normalized spacial score (nSPS) is 12.0. The molecule has 0 aliphatic carbocycles. The van der Waals surface area contributed by atoms with Crippen molar-refractivity contribution < 1.29 is 4.74 Å². The number of rotatable bonds is 8. The van der Waals surface area contributed by atoms with Crippen molar-refractivity contribution in [3.63, 3.8) is 0 Å². The largest absolute Gasteiger partial charge is 0.486 e. The van der Waals surface area contributed by atoms with E-state index >= 15 is 0 Å². The number of benzene rings is 1. The molecule has 0 aliphatic rings. The van der Waals surface area contributed by atoms with E-state index in [0.717, 1.165) is 17.7 Å². The molecule has 1 aromatic heterocycles. The minimum atomic E-state index is 0.251. The lowest BCUT2D eigenvalue weighted by Gasteiger charge is -2.15. The van der Waals surface area contributed by atoms with Crippen LogP contribution in [-0.4, -0.2) is 22.6 Å². The quantitative estimate of drug-likeness (QED) is 0.728. The summed E-state index contributed by atoms with van der Waals surface area (Å²) in [6, 6.07) is 3.96. The molecule has 4 nitrogen and oxygen atoms in total. The van der Waals surface area contributed by atoms with E-state index < -0.39 is 0 Å². The van der Waals surface area contributed by atoms with Gasteiger partial charge in [-0.1, -0.05) is 35.9 Å². The van der Waals surface area contributed by atoms with Crippen molar-refractivity contribution in [1.82, 2.24) is 15.3 Å². The SMILES string of the molecule is C=CCOc1c(Cl)cc(CN[C@@H](C)Cc2cnccn2)cc1Cl. The zero-order valence-corrected chi connectivity index (χ0v) is 14.4. The third kappa shape index (κ3) is 5.50. The van der Waals surface area contributed by atoms with Gasteiger partial charge in [-0.05, 0) is 24.6 Å². The molecular formula is C17H19Cl2N3O. The van der Waals surface area contributed by atoms with Crippen LogP contribution in [0.25, 0.3) is 0 Å². The van der Waals surface area contributed by atoms with Crippen LogP contribution in [0.4, 0.5) is 0 Å². The summed E-state index contributed by atoms with van der Waals surface area (Å²) in [6.45, 7) is 6.72. The Morgan fingerprint density at radius 1 is 1.30 bits per heavy atom. The zero-order valence-electron chi connectivity index (χ0n) is 12.9. The average molecular weight is 352 g/mol. The molecule has 0 unspecified atom stereocenters. The molecular weight excluding hydrogens is 333 g/mol. The second-order valence-corrected chi connectivity index (χ2v) is 5.99. The van der Waals surface area contributed by atoms with Gasteiger partial charge in [-0.2, -0.15) is 0 Å². The molecule has 2 aromatic rings. The smallest absolute Gasteiger partial charge is 0.156 e. The van der Waals surface area contributed by atoms with E-state index in [9.17, 15) is 0 Å². The van der Waals surface area contributed by atoms with Crippen LogP contribution in [0.2, 0.25) is 10.0 Å². The van der Waals surface area contributed by atoms with Gasteiger partial charge in [-0.25, -0.2) is 0 Å². The molecule has 1 atom stereocenters. The first-order valence-corrected chi connectivity index (χ1v) is 8.05. The molecule has 0 radical (unpaired) electrons. The van der Waals surface area contributed by atoms with Crippen LogP contribution >= 0.6 is 23.2 Å². The summed E-state index contributed by atoms with van der Waals surface area (Å²) in [5.74, 6) is 0.490. The molecule has 0 bridgehead atoms. The minimum absolute atomic E-state index is 0.251. The van der Waals surface area contributed by atoms with E-state index in [1.807, 2.05) is 12.1 Å². The van der Waals surface area contributed by atoms with Gasteiger partial charge < -0.3 is 10.1 Å². The van der Waals surface area contributed by atoms with Gasteiger partial charge in [0.05, 0.1) is 15.7 Å². The van der Waals surface area contributed by atoms with Gasteiger partial charge in [0.2, 0.25) is 0 Å². The number of halogens is 2. The summed E-state index contributed by atoms with van der Waals surface area (Å²) >= 11 is 12.5. The molecule has 0 amide bonds. The molecule has 6 heteroatoms. The maximum atomic E-state index is 6.23. The van der Waals surface area contributed by atoms with Crippen LogP contribution < -0.4 is 10.1 Å². The number of hydrogen-bond acceptors (Lipinski definition) is 4. The summed E-state index contributed by atoms with van der Waals surface area (Å²) in [5.41, 5.74) is 1.95. The Labute approximate surface area is 146 Å². The Morgan fingerprint density at radius 3 is 2.65 bits per heavy atom. The second-order valence-electron chi connectivity index (χ2n) is 5.17. The number of nitrogens with one attached hydrogen (secondary N) is 1. The van der Waals surface area contributed by atoms with Gasteiger partial charge in [-0.3, -0.25) is 9.97 Å². The Morgan fingerprint density at radius 2 is 2.04 bits per heavy atom. The Balaban J connectivity index is 1.94. The molecule has 0 saturated heterocycles. The van der Waals surface area contributed by atoms with Gasteiger partial charge in [-0.15, -0.1) is 0 Å². The second kappa shape index (κ2) is 8.87. The molecule has 122 valence electrons. The molecule has 0 aliphatic heterocycles. The summed E-state index contributed by atoms with van der Waals surface area (Å²) in [5, 5.41) is 4.42. The fraction of sp³-hybridized carbons (Fsp3) is 0.294. The van der Waals surface area contributed by atoms with Gasteiger partial charge in [0.15, 0.2) is 5.75 Å². The predicted molar refractivity (Wildman–Crippen MR) is 94.2 cm³/mol. The number of ether oxygens (including phenoxy) is 1. The minimum Gasteiger partial charge on any atom is -0.486 e. The number of hydrogen-bond donors (Lipinski definition) is 1. The number of aromatic nitrogens is 2. The molecule has 2 rings (SSSR count). The lowest BCUT2D eigenvalue weighted by molar-refractivity contribution is 0.363. The molecule has 23 heavy (non-hydrogen) atoms. The standard InChI is InChI=1S/C17H19Cl2N3O/c1-3-6-23-17-15(18)8-13(9-16(17)19)10-22-12(2)7-14-11-20-4-5-21-14/h3-5,8-9,11-12,22H,1,6-7,10H2,2H3/t12-/m0/s1. The van der Waals surface area contributed by atoms with Gasteiger partial charge >= 0.3 is 0 Å². The highest BCUT2D eigenvalue weighted by molar-refractivity contribution is 6.37. The zero-order chi connectivity index (χ0) is 16.7. The Hall–Kier alpha value is -1.62. The van der Waals surface area contributed by atoms with Crippen molar-refractivity contribution in [3.05, 3.63) is 64.7 Å². The van der Waals surface area contributed by atoms with Crippen LogP contribution in [0.5, 0.6) is 5.75 Å². The third-order valence-corrected chi connectivity index (χ3v) is 3.75. The molecule has 1 N–H and O–H groups in total. The average Bonchev–Trinajstić information content (AvgIpc) is 2.53. The van der Waals surface area contributed by atoms with Crippen molar-refractivity contribution in [1.29, 1.82) is 0 Å². The molecule has 0 saturated carbocycles. The topological polar surface area (TPSA) is 47.0 Å². The van der Waals surface area contributed by atoms with E-state index in [1.54, 1.807) is 24.7 Å². The summed E-state index contributed by atoms with van der Waals surface area (Å²) < 4.78 is 5.46. The van der Waals surface area contributed by atoms with Crippen molar-refractivity contribution in [2.75, 3.05) is 6.61 Å². The molecule has 0 spiro atoms. The fourth-order valence-corrected chi connectivity index (χ4v) is 2.75. The Bertz CT molecular complexity index is 627. The van der Waals surface area contributed by atoms with E-state index in [2.05, 4.69) is 28.8 Å². The first-order valence-electron chi connectivity index (χ1n) is 7.30. The summed E-state index contributed by atoms with van der Waals surface area (Å²) in [6.07, 6.45) is 7.59. The highest BCUT2D eigenvalue weighted by atomic mass is 35.5. The van der Waals surface area contributed by atoms with E-state index in [-0.39, 0.29) is 6.04 Å². The fourth-order valence-electron chi connectivity index (χ4n) is 2.11. The van der Waals surface area contributed by atoms with E-state index in [4.69, 9.17) is 27.9 Å². The third-order valence-electron chi connectivity index (χ3n) is 3.19. The summed E-state index contributed by atoms with van der Waals surface area (Å²) in [7, 11) is 0. The highest BCUT2D eigenvalue weighted by Crippen LogP contribution is 2.34. The Kier molecular flexibility index (Phi) is 6.84. The van der Waals surface area contributed by atoms with Crippen LogP contribution in [0.1, 0.15) is 18.2 Å². The highest BCUT2D eigenvalue weighted by Gasteiger charge is 2.10. The first-order chi connectivity index (χ1) is 11.1. The van der Waals surface area contributed by atoms with Gasteiger partial charge in [0, 0.05) is 37.6 Å². The summed E-state index contributed by atoms with van der Waals surface area (Å²) in [4.78, 5) is 8.34. The lowest BCUT2D eigenvalue weighted by atomic mass is 10.1. The van der Waals surface area contributed by atoms with Crippen molar-refractivity contribution in [2.45, 2.75) is 25.9 Å². The van der Waals surface area contributed by atoms with E-state index in [1.165, 1.54) is 0 Å². The maximum Gasteiger partial charge on any atom is 0.156 e. The van der Waals surface area contributed by atoms with Crippen LogP contribution in [-0.2, 0) is 13.0 Å². The van der Waals surface area contributed by atoms with Crippen LogP contribution in [0.15, 0.2) is 43.4 Å².